The summed E-state index contributed by atoms with van der Waals surface area (Å²) in [6, 6.07) is 3.68. The van der Waals surface area contributed by atoms with Crippen LogP contribution in [0.3, 0.4) is 0 Å². The van der Waals surface area contributed by atoms with Crippen molar-refractivity contribution < 1.29 is 8.42 Å². The van der Waals surface area contributed by atoms with E-state index in [1.165, 1.54) is 10.6 Å². The van der Waals surface area contributed by atoms with Crippen molar-refractivity contribution in [2.75, 3.05) is 31.1 Å². The van der Waals surface area contributed by atoms with E-state index in [0.717, 1.165) is 11.6 Å². The van der Waals surface area contributed by atoms with Crippen LogP contribution in [-0.2, 0) is 17.1 Å². The number of aryl methyl sites for hydroxylation is 1. The van der Waals surface area contributed by atoms with Crippen molar-refractivity contribution >= 4 is 15.8 Å². The lowest BCUT2D eigenvalue weighted by Crippen LogP contribution is -2.49. The Bertz CT molecular complexity index is 1080. The average molecular weight is 417 g/mol. The maximum absolute atomic E-state index is 13.0. The number of aromatic nitrogens is 6. The molecule has 1 fully saturated rings. The van der Waals surface area contributed by atoms with Gasteiger partial charge in [-0.05, 0) is 6.07 Å². The molecule has 0 atom stereocenters. The van der Waals surface area contributed by atoms with Crippen molar-refractivity contribution in [1.82, 2.24) is 33.6 Å². The summed E-state index contributed by atoms with van der Waals surface area (Å²) in [7, 11) is -1.79. The van der Waals surface area contributed by atoms with Gasteiger partial charge in [0.2, 0.25) is 0 Å². The Hall–Kier alpha value is -2.79. The van der Waals surface area contributed by atoms with Crippen LogP contribution < -0.4 is 4.90 Å². The van der Waals surface area contributed by atoms with Crippen molar-refractivity contribution in [2.45, 2.75) is 24.8 Å². The van der Waals surface area contributed by atoms with E-state index in [1.54, 1.807) is 21.6 Å². The predicted molar refractivity (Wildman–Crippen MR) is 107 cm³/mol. The van der Waals surface area contributed by atoms with E-state index in [0.29, 0.717) is 32.0 Å². The van der Waals surface area contributed by atoms with E-state index in [4.69, 9.17) is 0 Å². The number of sulfonamides is 1. The molecule has 29 heavy (non-hydrogen) atoms. The Labute approximate surface area is 169 Å². The van der Waals surface area contributed by atoms with Gasteiger partial charge in [-0.25, -0.2) is 28.1 Å². The third-order valence-electron chi connectivity index (χ3n) is 4.95. The quantitative estimate of drug-likeness (QED) is 0.612. The molecule has 3 aromatic heterocycles. The molecule has 0 unspecified atom stereocenters. The summed E-state index contributed by atoms with van der Waals surface area (Å²) in [5, 5.41) is 4.29. The van der Waals surface area contributed by atoms with E-state index in [-0.39, 0.29) is 10.9 Å². The normalized spacial score (nSPS) is 15.9. The van der Waals surface area contributed by atoms with Gasteiger partial charge in [0, 0.05) is 63.8 Å². The molecule has 0 bridgehead atoms. The Morgan fingerprint density at radius 1 is 1.07 bits per heavy atom. The number of rotatable bonds is 5. The van der Waals surface area contributed by atoms with Crippen LogP contribution in [0.4, 0.5) is 5.82 Å². The third-order valence-corrected chi connectivity index (χ3v) is 6.72. The van der Waals surface area contributed by atoms with Crippen molar-refractivity contribution in [3.63, 3.8) is 0 Å². The second kappa shape index (κ2) is 7.56. The maximum Gasteiger partial charge on any atom is 0.262 e. The van der Waals surface area contributed by atoms with E-state index < -0.39 is 10.0 Å². The first-order chi connectivity index (χ1) is 13.9. The van der Waals surface area contributed by atoms with Crippen molar-refractivity contribution in [3.05, 3.63) is 42.9 Å². The van der Waals surface area contributed by atoms with Gasteiger partial charge in [0.25, 0.3) is 10.0 Å². The van der Waals surface area contributed by atoms with Gasteiger partial charge in [0.1, 0.15) is 18.0 Å². The molecule has 0 aromatic carbocycles. The van der Waals surface area contributed by atoms with Crippen molar-refractivity contribution in [2.24, 2.45) is 7.05 Å². The fourth-order valence-electron chi connectivity index (χ4n) is 3.44. The van der Waals surface area contributed by atoms with Crippen LogP contribution in [0.1, 0.15) is 25.6 Å². The zero-order valence-electron chi connectivity index (χ0n) is 16.7. The highest BCUT2D eigenvalue weighted by Crippen LogP contribution is 2.22. The minimum Gasteiger partial charge on any atom is -0.354 e. The molecule has 4 heterocycles. The van der Waals surface area contributed by atoms with E-state index in [2.05, 4.69) is 25.0 Å². The van der Waals surface area contributed by atoms with Crippen LogP contribution in [0.2, 0.25) is 0 Å². The number of nitrogens with zero attached hydrogens (tertiary/aromatic N) is 8. The maximum atomic E-state index is 13.0. The Kier molecular flexibility index (Phi) is 5.09. The van der Waals surface area contributed by atoms with E-state index in [9.17, 15) is 8.42 Å². The van der Waals surface area contributed by atoms with Crippen LogP contribution in [0.25, 0.3) is 5.82 Å². The molecule has 3 aromatic rings. The molecule has 1 aliphatic heterocycles. The SMILES string of the molecule is CC(C)c1nc(S(=O)(=O)N2CCN(c3cc(-n4cccn4)ncn3)CC2)cn1C. The van der Waals surface area contributed by atoms with Crippen LogP contribution in [0.15, 0.2) is 42.1 Å². The minimum absolute atomic E-state index is 0.111. The first-order valence-electron chi connectivity index (χ1n) is 9.46. The van der Waals surface area contributed by atoms with Gasteiger partial charge in [-0.2, -0.15) is 9.40 Å². The molecular weight excluding hydrogens is 392 g/mol. The average Bonchev–Trinajstić information content (AvgIpc) is 3.38. The highest BCUT2D eigenvalue weighted by atomic mass is 32.2. The summed E-state index contributed by atoms with van der Waals surface area (Å²) >= 11 is 0. The third kappa shape index (κ3) is 3.75. The van der Waals surface area contributed by atoms with Gasteiger partial charge in [-0.1, -0.05) is 13.8 Å². The Morgan fingerprint density at radius 3 is 2.41 bits per heavy atom. The summed E-state index contributed by atoms with van der Waals surface area (Å²) in [6.45, 7) is 5.82. The first kappa shape index (κ1) is 19.5. The van der Waals surface area contributed by atoms with Crippen LogP contribution in [-0.4, -0.2) is 68.2 Å². The molecule has 154 valence electrons. The molecule has 10 nitrogen and oxygen atoms in total. The molecule has 11 heteroatoms. The van der Waals surface area contributed by atoms with Crippen LogP contribution in [0, 0.1) is 0 Å². The molecule has 0 aliphatic carbocycles. The van der Waals surface area contributed by atoms with E-state index >= 15 is 0 Å². The molecule has 1 saturated heterocycles. The summed E-state index contributed by atoms with van der Waals surface area (Å²) in [5.41, 5.74) is 0. The highest BCUT2D eigenvalue weighted by Gasteiger charge is 2.31. The molecule has 0 N–H and O–H groups in total. The fourth-order valence-corrected chi connectivity index (χ4v) is 4.85. The summed E-state index contributed by atoms with van der Waals surface area (Å²) < 4.78 is 31.0. The highest BCUT2D eigenvalue weighted by molar-refractivity contribution is 7.89. The van der Waals surface area contributed by atoms with Gasteiger partial charge in [0.05, 0.1) is 0 Å². The molecule has 0 saturated carbocycles. The summed E-state index contributed by atoms with van der Waals surface area (Å²) in [6.07, 6.45) is 6.59. The fraction of sp³-hybridized carbons (Fsp3) is 0.444. The number of piperazine rings is 1. The first-order valence-corrected chi connectivity index (χ1v) is 10.9. The summed E-state index contributed by atoms with van der Waals surface area (Å²) in [4.78, 5) is 15.0. The minimum atomic E-state index is -3.62. The zero-order valence-corrected chi connectivity index (χ0v) is 17.5. The molecule has 0 amide bonds. The molecule has 0 spiro atoms. The van der Waals surface area contributed by atoms with Gasteiger partial charge < -0.3 is 9.47 Å². The predicted octanol–water partition coefficient (Wildman–Crippen LogP) is 1.03. The molecular formula is C18H24N8O2S. The molecule has 4 rings (SSSR count). The second-order valence-corrected chi connectivity index (χ2v) is 9.16. The smallest absolute Gasteiger partial charge is 0.262 e. The summed E-state index contributed by atoms with van der Waals surface area (Å²) in [5.74, 6) is 2.34. The number of hydrogen-bond donors (Lipinski definition) is 0. The van der Waals surface area contributed by atoms with Crippen molar-refractivity contribution in [1.29, 1.82) is 0 Å². The number of anilines is 1. The molecule has 0 radical (unpaired) electrons. The lowest BCUT2D eigenvalue weighted by Gasteiger charge is -2.34. The Balaban J connectivity index is 1.48. The molecule has 1 aliphatic rings. The Morgan fingerprint density at radius 2 is 1.79 bits per heavy atom. The second-order valence-electron chi connectivity index (χ2n) is 7.28. The number of imidazole rings is 1. The standard InChI is InChI=1S/C18H24N8O2S/c1-14(2)18-22-17(12-23(18)3)29(27,28)25-9-7-24(8-10-25)15-11-16(20-13-19-15)26-6-4-5-21-26/h4-6,11-14H,7-10H2,1-3H3. The zero-order chi connectivity index (χ0) is 20.6. The topological polar surface area (TPSA) is 102 Å². The van der Waals surface area contributed by atoms with Crippen LogP contribution >= 0.6 is 0 Å². The van der Waals surface area contributed by atoms with Gasteiger partial charge >= 0.3 is 0 Å². The lowest BCUT2D eigenvalue weighted by molar-refractivity contribution is 0.382. The van der Waals surface area contributed by atoms with Crippen molar-refractivity contribution in [3.8, 4) is 5.82 Å². The lowest BCUT2D eigenvalue weighted by atomic mass is 10.2. The monoisotopic (exact) mass is 416 g/mol. The van der Waals surface area contributed by atoms with Crippen LogP contribution in [0.5, 0.6) is 0 Å². The van der Waals surface area contributed by atoms with Gasteiger partial charge in [-0.15, -0.1) is 0 Å². The largest absolute Gasteiger partial charge is 0.354 e. The van der Waals surface area contributed by atoms with E-state index in [1.807, 2.05) is 39.2 Å². The number of hydrogen-bond acceptors (Lipinski definition) is 7. The van der Waals surface area contributed by atoms with Gasteiger partial charge in [-0.3, -0.25) is 0 Å². The van der Waals surface area contributed by atoms with Gasteiger partial charge in [0.15, 0.2) is 10.8 Å².